The molecule has 7 heteroatoms. The number of aromatic nitrogens is 3. The lowest BCUT2D eigenvalue weighted by molar-refractivity contribution is 0.627. The Morgan fingerprint density at radius 3 is 2.56 bits per heavy atom. The molecule has 0 bridgehead atoms. The van der Waals surface area contributed by atoms with Crippen molar-refractivity contribution in [3.05, 3.63) is 46.1 Å². The number of rotatable bonds is 4. The van der Waals surface area contributed by atoms with E-state index in [9.17, 15) is 4.39 Å². The summed E-state index contributed by atoms with van der Waals surface area (Å²) in [6.07, 6.45) is 0.707. The summed E-state index contributed by atoms with van der Waals surface area (Å²) in [5.41, 5.74) is 1.01. The van der Waals surface area contributed by atoms with E-state index >= 15 is 0 Å². The number of anilines is 1. The van der Waals surface area contributed by atoms with Gasteiger partial charge in [-0.25, -0.2) is 4.39 Å². The summed E-state index contributed by atoms with van der Waals surface area (Å²) >= 11 is 11.4. The molecule has 0 saturated heterocycles. The monoisotopic (exact) mass is 286 g/mol. The second-order valence-corrected chi connectivity index (χ2v) is 4.22. The van der Waals surface area contributed by atoms with Gasteiger partial charge in [0.25, 0.3) is 0 Å². The van der Waals surface area contributed by atoms with Crippen molar-refractivity contribution in [2.75, 3.05) is 11.9 Å². The molecule has 0 spiro atoms. The topological polar surface area (TPSA) is 50.7 Å². The first-order valence-electron chi connectivity index (χ1n) is 5.19. The molecule has 0 atom stereocenters. The van der Waals surface area contributed by atoms with Gasteiger partial charge >= 0.3 is 0 Å². The molecule has 0 amide bonds. The van der Waals surface area contributed by atoms with E-state index in [4.69, 9.17) is 23.2 Å². The van der Waals surface area contributed by atoms with Gasteiger partial charge in [-0.3, -0.25) is 0 Å². The lowest BCUT2D eigenvalue weighted by Gasteiger charge is -2.06. The van der Waals surface area contributed by atoms with Crippen LogP contribution in [0.5, 0.6) is 0 Å². The summed E-state index contributed by atoms with van der Waals surface area (Å²) < 4.78 is 12.7. The van der Waals surface area contributed by atoms with E-state index in [-0.39, 0.29) is 16.3 Å². The lowest BCUT2D eigenvalue weighted by Crippen LogP contribution is -2.08. The summed E-state index contributed by atoms with van der Waals surface area (Å²) in [6.45, 7) is 0.584. The highest BCUT2D eigenvalue weighted by atomic mass is 35.5. The van der Waals surface area contributed by atoms with Gasteiger partial charge in [0.15, 0.2) is 11.0 Å². The van der Waals surface area contributed by atoms with Gasteiger partial charge in [0.1, 0.15) is 5.82 Å². The van der Waals surface area contributed by atoms with Gasteiger partial charge in [-0.1, -0.05) is 23.7 Å². The van der Waals surface area contributed by atoms with Crippen LogP contribution in [0.1, 0.15) is 5.56 Å². The van der Waals surface area contributed by atoms with Crippen LogP contribution in [0, 0.1) is 5.82 Å². The molecule has 0 unspecified atom stereocenters. The fourth-order valence-electron chi connectivity index (χ4n) is 1.38. The maximum absolute atomic E-state index is 12.7. The highest BCUT2D eigenvalue weighted by Gasteiger charge is 2.05. The van der Waals surface area contributed by atoms with Crippen LogP contribution in [-0.2, 0) is 6.42 Å². The van der Waals surface area contributed by atoms with Crippen molar-refractivity contribution in [1.82, 2.24) is 15.2 Å². The summed E-state index contributed by atoms with van der Waals surface area (Å²) in [4.78, 5) is 3.91. The molecular weight excluding hydrogens is 278 g/mol. The van der Waals surface area contributed by atoms with Gasteiger partial charge in [0.2, 0.25) is 5.28 Å². The molecule has 2 aromatic rings. The number of nitrogens with zero attached hydrogens (tertiary/aromatic N) is 3. The Bertz CT molecular complexity index is 533. The highest BCUT2D eigenvalue weighted by Crippen LogP contribution is 2.16. The SMILES string of the molecule is Fc1ccc(CCNc2nc(Cl)nnc2Cl)cc1. The van der Waals surface area contributed by atoms with Gasteiger partial charge in [0, 0.05) is 6.54 Å². The van der Waals surface area contributed by atoms with Crippen LogP contribution in [0.2, 0.25) is 10.4 Å². The molecule has 18 heavy (non-hydrogen) atoms. The molecule has 0 aliphatic heterocycles. The van der Waals surface area contributed by atoms with E-state index in [1.54, 1.807) is 12.1 Å². The average molecular weight is 287 g/mol. The van der Waals surface area contributed by atoms with Gasteiger partial charge in [-0.2, -0.15) is 4.98 Å². The van der Waals surface area contributed by atoms with Crippen LogP contribution < -0.4 is 5.32 Å². The van der Waals surface area contributed by atoms with Crippen molar-refractivity contribution in [1.29, 1.82) is 0 Å². The molecule has 2 rings (SSSR count). The minimum atomic E-state index is -0.249. The van der Waals surface area contributed by atoms with Gasteiger partial charge in [-0.05, 0) is 35.7 Å². The summed E-state index contributed by atoms with van der Waals surface area (Å²) in [6, 6.07) is 6.30. The number of benzene rings is 1. The largest absolute Gasteiger partial charge is 0.367 e. The third-order valence-corrected chi connectivity index (χ3v) is 2.65. The van der Waals surface area contributed by atoms with Crippen LogP contribution >= 0.6 is 23.2 Å². The van der Waals surface area contributed by atoms with E-state index in [2.05, 4.69) is 20.5 Å². The fraction of sp³-hybridized carbons (Fsp3) is 0.182. The number of hydrogen-bond donors (Lipinski definition) is 1. The standard InChI is InChI=1S/C11H9Cl2FN4/c12-9-10(16-11(13)18-17-9)15-6-5-7-1-3-8(14)4-2-7/h1-4H,5-6H2,(H,15,16,18). The predicted molar refractivity (Wildman–Crippen MR) is 68.4 cm³/mol. The Morgan fingerprint density at radius 2 is 1.83 bits per heavy atom. The summed E-state index contributed by atoms with van der Waals surface area (Å²) in [7, 11) is 0. The first kappa shape index (κ1) is 13.0. The van der Waals surface area contributed by atoms with Crippen LogP contribution in [-0.4, -0.2) is 21.7 Å². The molecular formula is C11H9Cl2FN4. The Kier molecular flexibility index (Phi) is 4.28. The molecule has 0 fully saturated rings. The quantitative estimate of drug-likeness (QED) is 0.939. The predicted octanol–water partition coefficient (Wildman–Crippen LogP) is 2.97. The maximum atomic E-state index is 12.7. The average Bonchev–Trinajstić information content (AvgIpc) is 2.36. The number of hydrogen-bond acceptors (Lipinski definition) is 4. The second kappa shape index (κ2) is 5.93. The minimum absolute atomic E-state index is 0.0312. The summed E-state index contributed by atoms with van der Waals surface area (Å²) in [5.74, 6) is 0.139. The molecule has 1 aromatic carbocycles. The van der Waals surface area contributed by atoms with Crippen molar-refractivity contribution in [2.45, 2.75) is 6.42 Å². The highest BCUT2D eigenvalue weighted by molar-refractivity contribution is 6.32. The minimum Gasteiger partial charge on any atom is -0.367 e. The fourth-order valence-corrected chi connectivity index (χ4v) is 1.65. The van der Waals surface area contributed by atoms with Gasteiger partial charge in [0.05, 0.1) is 0 Å². The third kappa shape index (κ3) is 3.51. The van der Waals surface area contributed by atoms with Crippen molar-refractivity contribution in [3.63, 3.8) is 0 Å². The third-order valence-electron chi connectivity index (χ3n) is 2.24. The lowest BCUT2D eigenvalue weighted by atomic mass is 10.1. The van der Waals surface area contributed by atoms with Crippen LogP contribution in [0.25, 0.3) is 0 Å². The van der Waals surface area contributed by atoms with Crippen LogP contribution in [0.4, 0.5) is 10.2 Å². The van der Waals surface area contributed by atoms with E-state index in [0.717, 1.165) is 5.56 Å². The van der Waals surface area contributed by atoms with E-state index in [1.807, 2.05) is 0 Å². The normalized spacial score (nSPS) is 10.4. The van der Waals surface area contributed by atoms with E-state index < -0.39 is 0 Å². The molecule has 1 heterocycles. The zero-order valence-corrected chi connectivity index (χ0v) is 10.7. The molecule has 0 radical (unpaired) electrons. The van der Waals surface area contributed by atoms with Crippen molar-refractivity contribution < 1.29 is 4.39 Å². The van der Waals surface area contributed by atoms with Crippen molar-refractivity contribution in [3.8, 4) is 0 Å². The van der Waals surface area contributed by atoms with Crippen LogP contribution in [0.15, 0.2) is 24.3 Å². The summed E-state index contributed by atoms with van der Waals surface area (Å²) in [5, 5.41) is 10.3. The molecule has 4 nitrogen and oxygen atoms in total. The first-order valence-corrected chi connectivity index (χ1v) is 5.95. The molecule has 0 aliphatic carbocycles. The Hall–Kier alpha value is -1.46. The van der Waals surface area contributed by atoms with Gasteiger partial charge in [-0.15, -0.1) is 10.2 Å². The molecule has 1 N–H and O–H groups in total. The molecule has 0 saturated carbocycles. The molecule has 94 valence electrons. The van der Waals surface area contributed by atoms with Crippen LogP contribution in [0.3, 0.4) is 0 Å². The van der Waals surface area contributed by atoms with Crippen molar-refractivity contribution in [2.24, 2.45) is 0 Å². The number of halogens is 3. The molecule has 1 aromatic heterocycles. The Morgan fingerprint density at radius 1 is 1.11 bits per heavy atom. The second-order valence-electron chi connectivity index (χ2n) is 3.52. The van der Waals surface area contributed by atoms with E-state index in [0.29, 0.717) is 18.8 Å². The Labute approximate surface area is 113 Å². The van der Waals surface area contributed by atoms with Gasteiger partial charge < -0.3 is 5.32 Å². The van der Waals surface area contributed by atoms with Crippen molar-refractivity contribution >= 4 is 29.0 Å². The van der Waals surface area contributed by atoms with E-state index in [1.165, 1.54) is 12.1 Å². The first-order chi connectivity index (χ1) is 8.65. The Balaban J connectivity index is 1.92. The zero-order chi connectivity index (χ0) is 13.0. The number of nitrogens with one attached hydrogen (secondary N) is 1. The molecule has 0 aliphatic rings. The smallest absolute Gasteiger partial charge is 0.245 e. The maximum Gasteiger partial charge on any atom is 0.245 e. The zero-order valence-electron chi connectivity index (χ0n) is 9.20.